The summed E-state index contributed by atoms with van der Waals surface area (Å²) in [5.41, 5.74) is 2.13. The Morgan fingerprint density at radius 3 is 2.33 bits per heavy atom. The van der Waals surface area contributed by atoms with Crippen LogP contribution in [-0.4, -0.2) is 18.1 Å². The lowest BCUT2D eigenvalue weighted by molar-refractivity contribution is 0.421. The summed E-state index contributed by atoms with van der Waals surface area (Å²) in [6.07, 6.45) is 4.85. The van der Waals surface area contributed by atoms with Crippen LogP contribution in [0.3, 0.4) is 0 Å². The molecular formula is C15H23BrN2. The summed E-state index contributed by atoms with van der Waals surface area (Å²) in [6.45, 7) is 9.50. The SMILES string of the molecule is CNC(Cc1cncc(Br)c1)C1C(C)(C)C1(C)C. The first-order valence-corrected chi connectivity index (χ1v) is 7.36. The zero-order valence-corrected chi connectivity index (χ0v) is 13.5. The zero-order chi connectivity index (χ0) is 13.6. The third-order valence-corrected chi connectivity index (χ3v) is 5.56. The summed E-state index contributed by atoms with van der Waals surface area (Å²) in [4.78, 5) is 4.25. The highest BCUT2D eigenvalue weighted by Gasteiger charge is 2.66. The molecule has 0 aliphatic heterocycles. The van der Waals surface area contributed by atoms with Gasteiger partial charge in [-0.3, -0.25) is 4.98 Å². The van der Waals surface area contributed by atoms with Gasteiger partial charge < -0.3 is 5.32 Å². The molecule has 1 atom stereocenters. The first-order valence-electron chi connectivity index (χ1n) is 6.57. The first kappa shape index (κ1) is 14.0. The Labute approximate surface area is 119 Å². The molecule has 0 radical (unpaired) electrons. The molecule has 3 heteroatoms. The lowest BCUT2D eigenvalue weighted by Crippen LogP contribution is -2.32. The van der Waals surface area contributed by atoms with E-state index in [1.807, 2.05) is 12.4 Å². The van der Waals surface area contributed by atoms with E-state index in [0.717, 1.165) is 10.9 Å². The smallest absolute Gasteiger partial charge is 0.0410 e. The highest BCUT2D eigenvalue weighted by atomic mass is 79.9. The maximum atomic E-state index is 4.25. The minimum absolute atomic E-state index is 0.417. The molecule has 0 bridgehead atoms. The molecule has 0 aromatic carbocycles. The molecule has 1 N–H and O–H groups in total. The van der Waals surface area contributed by atoms with Crippen molar-refractivity contribution in [2.75, 3.05) is 7.05 Å². The summed E-state index contributed by atoms with van der Waals surface area (Å²) in [6, 6.07) is 2.69. The Morgan fingerprint density at radius 1 is 1.28 bits per heavy atom. The van der Waals surface area contributed by atoms with E-state index in [-0.39, 0.29) is 0 Å². The summed E-state index contributed by atoms with van der Waals surface area (Å²) in [7, 11) is 2.07. The fourth-order valence-electron chi connectivity index (χ4n) is 3.46. The molecular weight excluding hydrogens is 288 g/mol. The predicted octanol–water partition coefficient (Wildman–Crippen LogP) is 3.66. The number of nitrogens with one attached hydrogen (secondary N) is 1. The molecule has 100 valence electrons. The molecule has 1 aliphatic rings. The van der Waals surface area contributed by atoms with Crippen molar-refractivity contribution in [2.24, 2.45) is 16.7 Å². The summed E-state index contributed by atoms with van der Waals surface area (Å²) in [5.74, 6) is 0.717. The average molecular weight is 311 g/mol. The van der Waals surface area contributed by atoms with Crippen molar-refractivity contribution in [1.29, 1.82) is 0 Å². The third-order valence-electron chi connectivity index (χ3n) is 5.12. The topological polar surface area (TPSA) is 24.9 Å². The van der Waals surface area contributed by atoms with Crippen LogP contribution < -0.4 is 5.32 Å². The second-order valence-electron chi connectivity index (χ2n) is 6.53. The number of aromatic nitrogens is 1. The Bertz CT molecular complexity index is 426. The molecule has 1 unspecified atom stereocenters. The molecule has 1 saturated carbocycles. The van der Waals surface area contributed by atoms with Crippen LogP contribution in [0.4, 0.5) is 0 Å². The van der Waals surface area contributed by atoms with Gasteiger partial charge in [0, 0.05) is 22.9 Å². The van der Waals surface area contributed by atoms with Gasteiger partial charge in [0.2, 0.25) is 0 Å². The molecule has 1 aromatic rings. The van der Waals surface area contributed by atoms with Gasteiger partial charge in [-0.25, -0.2) is 0 Å². The van der Waals surface area contributed by atoms with Crippen molar-refractivity contribution in [2.45, 2.75) is 40.2 Å². The van der Waals surface area contributed by atoms with Crippen LogP contribution in [0.15, 0.2) is 22.9 Å². The van der Waals surface area contributed by atoms with Gasteiger partial charge in [0.25, 0.3) is 0 Å². The van der Waals surface area contributed by atoms with Crippen molar-refractivity contribution < 1.29 is 0 Å². The van der Waals surface area contributed by atoms with Crippen molar-refractivity contribution in [1.82, 2.24) is 10.3 Å². The summed E-state index contributed by atoms with van der Waals surface area (Å²) < 4.78 is 1.06. The molecule has 0 amide bonds. The van der Waals surface area contributed by atoms with E-state index in [4.69, 9.17) is 0 Å². The van der Waals surface area contributed by atoms with Crippen molar-refractivity contribution >= 4 is 15.9 Å². The van der Waals surface area contributed by atoms with Crippen molar-refractivity contribution in [3.05, 3.63) is 28.5 Å². The fourth-order valence-corrected chi connectivity index (χ4v) is 3.87. The van der Waals surface area contributed by atoms with Crippen LogP contribution in [0.25, 0.3) is 0 Å². The average Bonchev–Trinajstić information content (AvgIpc) is 2.67. The van der Waals surface area contributed by atoms with E-state index in [1.54, 1.807) is 0 Å². The van der Waals surface area contributed by atoms with Crippen LogP contribution >= 0.6 is 15.9 Å². The van der Waals surface area contributed by atoms with E-state index in [0.29, 0.717) is 22.8 Å². The van der Waals surface area contributed by atoms with E-state index < -0.39 is 0 Å². The van der Waals surface area contributed by atoms with Gasteiger partial charge in [-0.15, -0.1) is 0 Å². The number of pyridine rings is 1. The molecule has 18 heavy (non-hydrogen) atoms. The number of hydrogen-bond acceptors (Lipinski definition) is 2. The first-order chi connectivity index (χ1) is 8.30. The van der Waals surface area contributed by atoms with Gasteiger partial charge in [0.05, 0.1) is 0 Å². The van der Waals surface area contributed by atoms with Gasteiger partial charge in [-0.1, -0.05) is 27.7 Å². The summed E-state index contributed by atoms with van der Waals surface area (Å²) in [5, 5.41) is 3.50. The van der Waals surface area contributed by atoms with E-state index in [9.17, 15) is 0 Å². The number of halogens is 1. The second kappa shape index (κ2) is 4.61. The van der Waals surface area contributed by atoms with Gasteiger partial charge in [-0.05, 0) is 57.8 Å². The molecule has 1 aliphatic carbocycles. The van der Waals surface area contributed by atoms with Crippen molar-refractivity contribution in [3.8, 4) is 0 Å². The van der Waals surface area contributed by atoms with Gasteiger partial charge in [0.15, 0.2) is 0 Å². The normalized spacial score (nSPS) is 22.8. The molecule has 2 nitrogen and oxygen atoms in total. The zero-order valence-electron chi connectivity index (χ0n) is 11.9. The van der Waals surface area contributed by atoms with E-state index in [2.05, 4.69) is 67.0 Å². The molecule has 2 rings (SSSR count). The van der Waals surface area contributed by atoms with E-state index in [1.165, 1.54) is 5.56 Å². The van der Waals surface area contributed by atoms with Crippen LogP contribution in [0.2, 0.25) is 0 Å². The summed E-state index contributed by atoms with van der Waals surface area (Å²) >= 11 is 3.49. The minimum Gasteiger partial charge on any atom is -0.316 e. The molecule has 1 aromatic heterocycles. The Balaban J connectivity index is 2.13. The standard InChI is InChI=1S/C15H23BrN2/c1-14(2)13(15(14,3)4)12(17-5)7-10-6-11(16)9-18-8-10/h6,8-9,12-13,17H,7H2,1-5H3. The highest BCUT2D eigenvalue weighted by Crippen LogP contribution is 2.69. The monoisotopic (exact) mass is 310 g/mol. The molecule has 0 saturated heterocycles. The van der Waals surface area contributed by atoms with Crippen LogP contribution in [-0.2, 0) is 6.42 Å². The van der Waals surface area contributed by atoms with Crippen LogP contribution in [0.1, 0.15) is 33.3 Å². The number of rotatable bonds is 4. The van der Waals surface area contributed by atoms with Gasteiger partial charge >= 0.3 is 0 Å². The Hall–Kier alpha value is -0.410. The predicted molar refractivity (Wildman–Crippen MR) is 79.5 cm³/mol. The van der Waals surface area contributed by atoms with Gasteiger partial charge in [0.1, 0.15) is 0 Å². The third kappa shape index (κ3) is 2.23. The molecule has 1 fully saturated rings. The Kier molecular flexibility index (Phi) is 3.58. The fraction of sp³-hybridized carbons (Fsp3) is 0.667. The molecule has 0 spiro atoms. The second-order valence-corrected chi connectivity index (χ2v) is 7.45. The number of nitrogens with zero attached hydrogens (tertiary/aromatic N) is 1. The lowest BCUT2D eigenvalue weighted by Gasteiger charge is -2.18. The number of hydrogen-bond donors (Lipinski definition) is 1. The molecule has 1 heterocycles. The van der Waals surface area contributed by atoms with Gasteiger partial charge in [-0.2, -0.15) is 0 Å². The Morgan fingerprint density at radius 2 is 1.89 bits per heavy atom. The van der Waals surface area contributed by atoms with E-state index >= 15 is 0 Å². The largest absolute Gasteiger partial charge is 0.316 e. The minimum atomic E-state index is 0.417. The van der Waals surface area contributed by atoms with Crippen molar-refractivity contribution in [3.63, 3.8) is 0 Å². The van der Waals surface area contributed by atoms with Crippen LogP contribution in [0.5, 0.6) is 0 Å². The maximum absolute atomic E-state index is 4.25. The van der Waals surface area contributed by atoms with Crippen LogP contribution in [0, 0.1) is 16.7 Å². The lowest BCUT2D eigenvalue weighted by atomic mass is 9.98. The number of likely N-dealkylation sites (N-methyl/N-ethyl adjacent to an activating group) is 1. The maximum Gasteiger partial charge on any atom is 0.0410 e. The highest BCUT2D eigenvalue weighted by molar-refractivity contribution is 9.10. The quantitative estimate of drug-likeness (QED) is 0.918.